The fourth-order valence-corrected chi connectivity index (χ4v) is 1.90. The number of rotatable bonds is 2. The maximum atomic E-state index is 11.8. The van der Waals surface area contributed by atoms with Gasteiger partial charge in [0.05, 0.1) is 0 Å². The molecule has 0 aliphatic carbocycles. The minimum Gasteiger partial charge on any atom is -0.459 e. The number of ether oxygens (including phenoxy) is 1. The van der Waals surface area contributed by atoms with Crippen molar-refractivity contribution in [3.8, 4) is 0 Å². The second-order valence-corrected chi connectivity index (χ2v) is 5.29. The summed E-state index contributed by atoms with van der Waals surface area (Å²) in [7, 11) is 0. The Labute approximate surface area is 92.6 Å². The molecular formula is C12H23NO2. The zero-order chi connectivity index (χ0) is 11.5. The molecule has 0 radical (unpaired) electrons. The summed E-state index contributed by atoms with van der Waals surface area (Å²) in [6, 6.07) is 0.388. The van der Waals surface area contributed by atoms with Crippen molar-refractivity contribution >= 4 is 5.97 Å². The van der Waals surface area contributed by atoms with E-state index in [2.05, 4.69) is 12.2 Å². The third-order valence-corrected chi connectivity index (χ3v) is 2.67. The number of hydrogen-bond acceptors (Lipinski definition) is 3. The molecule has 1 fully saturated rings. The lowest BCUT2D eigenvalue weighted by Gasteiger charge is -2.31. The van der Waals surface area contributed by atoms with Crippen LogP contribution < -0.4 is 5.32 Å². The van der Waals surface area contributed by atoms with Gasteiger partial charge in [-0.05, 0) is 46.5 Å². The average Bonchev–Trinajstić information content (AvgIpc) is 2.15. The highest BCUT2D eigenvalue weighted by atomic mass is 16.6. The molecule has 1 aliphatic rings. The van der Waals surface area contributed by atoms with E-state index < -0.39 is 0 Å². The molecule has 2 atom stereocenters. The Morgan fingerprint density at radius 1 is 1.40 bits per heavy atom. The van der Waals surface area contributed by atoms with Crippen molar-refractivity contribution in [1.29, 1.82) is 0 Å². The lowest BCUT2D eigenvalue weighted by molar-refractivity contribution is -0.158. The van der Waals surface area contributed by atoms with Crippen LogP contribution in [0.15, 0.2) is 0 Å². The van der Waals surface area contributed by atoms with E-state index in [4.69, 9.17) is 4.74 Å². The minimum absolute atomic E-state index is 0.0945. The van der Waals surface area contributed by atoms with Crippen LogP contribution in [0.2, 0.25) is 0 Å². The first-order valence-corrected chi connectivity index (χ1v) is 5.91. The van der Waals surface area contributed by atoms with Crippen LogP contribution in [-0.2, 0) is 9.53 Å². The Hall–Kier alpha value is -0.570. The molecule has 3 nitrogen and oxygen atoms in total. The predicted octanol–water partition coefficient (Wildman–Crippen LogP) is 2.25. The van der Waals surface area contributed by atoms with Crippen molar-refractivity contribution < 1.29 is 9.53 Å². The molecule has 88 valence electrons. The SMILES string of the molecule is CCC1CCCC(C(=O)OC(C)(C)C)N1. The van der Waals surface area contributed by atoms with E-state index in [-0.39, 0.29) is 17.6 Å². The molecular weight excluding hydrogens is 190 g/mol. The van der Waals surface area contributed by atoms with Crippen molar-refractivity contribution in [2.24, 2.45) is 0 Å². The van der Waals surface area contributed by atoms with Gasteiger partial charge in [-0.3, -0.25) is 4.79 Å². The third kappa shape index (κ3) is 4.20. The van der Waals surface area contributed by atoms with Gasteiger partial charge in [-0.1, -0.05) is 6.92 Å². The lowest BCUT2D eigenvalue weighted by atomic mass is 9.97. The Bertz CT molecular complexity index is 220. The molecule has 0 aromatic carbocycles. The van der Waals surface area contributed by atoms with Gasteiger partial charge in [-0.25, -0.2) is 0 Å². The van der Waals surface area contributed by atoms with E-state index in [0.29, 0.717) is 6.04 Å². The maximum absolute atomic E-state index is 11.8. The van der Waals surface area contributed by atoms with Crippen LogP contribution in [0.25, 0.3) is 0 Å². The van der Waals surface area contributed by atoms with Crippen molar-refractivity contribution in [1.82, 2.24) is 5.32 Å². The van der Waals surface area contributed by atoms with Crippen molar-refractivity contribution in [3.05, 3.63) is 0 Å². The average molecular weight is 213 g/mol. The van der Waals surface area contributed by atoms with E-state index in [9.17, 15) is 4.79 Å². The zero-order valence-corrected chi connectivity index (χ0v) is 10.3. The van der Waals surface area contributed by atoms with Crippen LogP contribution >= 0.6 is 0 Å². The van der Waals surface area contributed by atoms with Crippen LogP contribution in [0.3, 0.4) is 0 Å². The molecule has 1 saturated heterocycles. The predicted molar refractivity (Wildman–Crippen MR) is 60.7 cm³/mol. The van der Waals surface area contributed by atoms with Gasteiger partial charge in [-0.2, -0.15) is 0 Å². The molecule has 3 heteroatoms. The molecule has 0 aromatic rings. The van der Waals surface area contributed by atoms with Crippen LogP contribution in [-0.4, -0.2) is 23.7 Å². The molecule has 2 unspecified atom stereocenters. The second kappa shape index (κ2) is 4.97. The van der Waals surface area contributed by atoms with E-state index in [1.807, 2.05) is 20.8 Å². The van der Waals surface area contributed by atoms with E-state index in [1.165, 1.54) is 6.42 Å². The van der Waals surface area contributed by atoms with Gasteiger partial charge in [0.15, 0.2) is 0 Å². The Balaban J connectivity index is 2.45. The van der Waals surface area contributed by atoms with Crippen LogP contribution in [0.4, 0.5) is 0 Å². The fraction of sp³-hybridized carbons (Fsp3) is 0.917. The summed E-state index contributed by atoms with van der Waals surface area (Å²) < 4.78 is 5.37. The first kappa shape index (κ1) is 12.5. The van der Waals surface area contributed by atoms with Crippen LogP contribution in [0.5, 0.6) is 0 Å². The van der Waals surface area contributed by atoms with Crippen molar-refractivity contribution in [3.63, 3.8) is 0 Å². The normalized spacial score (nSPS) is 27.5. The van der Waals surface area contributed by atoms with Gasteiger partial charge in [-0.15, -0.1) is 0 Å². The minimum atomic E-state index is -0.377. The summed E-state index contributed by atoms with van der Waals surface area (Å²) in [5.41, 5.74) is -0.377. The number of carbonyl (C=O) groups is 1. The quantitative estimate of drug-likeness (QED) is 0.715. The van der Waals surface area contributed by atoms with E-state index in [1.54, 1.807) is 0 Å². The monoisotopic (exact) mass is 213 g/mol. The Kier molecular flexibility index (Phi) is 4.14. The summed E-state index contributed by atoms with van der Waals surface area (Å²) in [5, 5.41) is 3.35. The summed E-state index contributed by atoms with van der Waals surface area (Å²) in [4.78, 5) is 11.8. The van der Waals surface area contributed by atoms with Gasteiger partial charge in [0, 0.05) is 6.04 Å². The van der Waals surface area contributed by atoms with Gasteiger partial charge >= 0.3 is 5.97 Å². The Morgan fingerprint density at radius 3 is 2.60 bits per heavy atom. The summed E-state index contributed by atoms with van der Waals surface area (Å²) >= 11 is 0. The second-order valence-electron chi connectivity index (χ2n) is 5.29. The molecule has 0 bridgehead atoms. The fourth-order valence-electron chi connectivity index (χ4n) is 1.90. The molecule has 1 heterocycles. The van der Waals surface area contributed by atoms with E-state index >= 15 is 0 Å². The number of carbonyl (C=O) groups excluding carboxylic acids is 1. The molecule has 1 N–H and O–H groups in total. The van der Waals surface area contributed by atoms with Crippen LogP contribution in [0, 0.1) is 0 Å². The number of piperidine rings is 1. The molecule has 15 heavy (non-hydrogen) atoms. The summed E-state index contributed by atoms with van der Waals surface area (Å²) in [6.07, 6.45) is 4.29. The molecule has 1 aliphatic heterocycles. The van der Waals surface area contributed by atoms with Crippen molar-refractivity contribution in [2.45, 2.75) is 71.1 Å². The van der Waals surface area contributed by atoms with Gasteiger partial charge in [0.1, 0.15) is 11.6 Å². The Morgan fingerprint density at radius 2 is 2.07 bits per heavy atom. The summed E-state index contributed by atoms with van der Waals surface area (Å²) in [6.45, 7) is 7.87. The maximum Gasteiger partial charge on any atom is 0.323 e. The zero-order valence-electron chi connectivity index (χ0n) is 10.3. The molecule has 0 saturated carbocycles. The third-order valence-electron chi connectivity index (χ3n) is 2.67. The lowest BCUT2D eigenvalue weighted by Crippen LogP contribution is -2.48. The number of hydrogen-bond donors (Lipinski definition) is 1. The smallest absolute Gasteiger partial charge is 0.323 e. The molecule has 0 amide bonds. The van der Waals surface area contributed by atoms with E-state index in [0.717, 1.165) is 19.3 Å². The first-order valence-electron chi connectivity index (χ1n) is 5.91. The summed E-state index contributed by atoms with van der Waals surface area (Å²) in [5.74, 6) is -0.0966. The van der Waals surface area contributed by atoms with Gasteiger partial charge in [0.25, 0.3) is 0 Å². The highest BCUT2D eigenvalue weighted by Gasteiger charge is 2.29. The first-order chi connectivity index (χ1) is 6.92. The topological polar surface area (TPSA) is 38.3 Å². The van der Waals surface area contributed by atoms with Crippen molar-refractivity contribution in [2.75, 3.05) is 0 Å². The van der Waals surface area contributed by atoms with Gasteiger partial charge < -0.3 is 10.1 Å². The number of esters is 1. The van der Waals surface area contributed by atoms with Crippen LogP contribution in [0.1, 0.15) is 53.4 Å². The molecule has 0 aromatic heterocycles. The molecule has 1 rings (SSSR count). The largest absolute Gasteiger partial charge is 0.459 e. The highest BCUT2D eigenvalue weighted by Crippen LogP contribution is 2.18. The molecule has 0 spiro atoms. The van der Waals surface area contributed by atoms with Gasteiger partial charge in [0.2, 0.25) is 0 Å². The highest BCUT2D eigenvalue weighted by molar-refractivity contribution is 5.76. The number of nitrogens with one attached hydrogen (secondary N) is 1. The standard InChI is InChI=1S/C12H23NO2/c1-5-9-7-6-8-10(13-9)11(14)15-12(2,3)4/h9-10,13H,5-8H2,1-4H3.